The number of nitrogens with zero attached hydrogens (tertiary/aromatic N) is 4. The molecule has 20 heavy (non-hydrogen) atoms. The zero-order valence-electron chi connectivity index (χ0n) is 12.3. The molecule has 2 atom stereocenters. The van der Waals surface area contributed by atoms with E-state index in [-0.39, 0.29) is 12.1 Å². The molecule has 0 aromatic carbocycles. The molecule has 110 valence electrons. The van der Waals surface area contributed by atoms with Gasteiger partial charge in [0.05, 0.1) is 12.1 Å². The maximum atomic E-state index is 12.2. The Labute approximate surface area is 122 Å². The largest absolute Gasteiger partial charge is 0.444 e. The first kappa shape index (κ1) is 13.6. The van der Waals surface area contributed by atoms with Crippen LogP contribution in [0.15, 0.2) is 0 Å². The summed E-state index contributed by atoms with van der Waals surface area (Å²) in [5.74, 6) is 0.816. The summed E-state index contributed by atoms with van der Waals surface area (Å²) in [5, 5.41) is 0.971. The van der Waals surface area contributed by atoms with Gasteiger partial charge in [0.25, 0.3) is 0 Å². The third-order valence-electron chi connectivity index (χ3n) is 3.63. The van der Waals surface area contributed by atoms with Gasteiger partial charge in [0.15, 0.2) is 0 Å². The number of hydrogen-bond acceptors (Lipinski definition) is 6. The van der Waals surface area contributed by atoms with Gasteiger partial charge >= 0.3 is 6.09 Å². The lowest BCUT2D eigenvalue weighted by Gasteiger charge is -2.34. The number of aryl methyl sites for hydroxylation is 1. The molecule has 3 rings (SSSR count). The SMILES string of the molecule is Cc1nsc(N2C[C@H]3CC2CN3C(=O)OC(C)(C)C)n1. The van der Waals surface area contributed by atoms with Crippen molar-refractivity contribution >= 4 is 22.8 Å². The van der Waals surface area contributed by atoms with Crippen molar-refractivity contribution in [3.63, 3.8) is 0 Å². The Morgan fingerprint density at radius 1 is 1.35 bits per heavy atom. The van der Waals surface area contributed by atoms with Crippen LogP contribution in [0.1, 0.15) is 33.0 Å². The monoisotopic (exact) mass is 296 g/mol. The average Bonchev–Trinajstić information content (AvgIpc) is 2.99. The summed E-state index contributed by atoms with van der Waals surface area (Å²) in [4.78, 5) is 20.7. The van der Waals surface area contributed by atoms with Crippen LogP contribution in [0.25, 0.3) is 0 Å². The van der Waals surface area contributed by atoms with E-state index in [1.807, 2.05) is 32.6 Å². The van der Waals surface area contributed by atoms with Crippen molar-refractivity contribution in [3.05, 3.63) is 5.82 Å². The molecule has 1 aromatic heterocycles. The lowest BCUT2D eigenvalue weighted by molar-refractivity contribution is 0.0215. The quantitative estimate of drug-likeness (QED) is 0.794. The zero-order chi connectivity index (χ0) is 14.5. The van der Waals surface area contributed by atoms with Crippen molar-refractivity contribution in [2.75, 3.05) is 18.0 Å². The highest BCUT2D eigenvalue weighted by Gasteiger charge is 2.47. The van der Waals surface area contributed by atoms with Crippen LogP contribution >= 0.6 is 11.5 Å². The number of carbonyl (C=O) groups excluding carboxylic acids is 1. The molecular formula is C13H20N4O2S. The van der Waals surface area contributed by atoms with E-state index in [1.165, 1.54) is 11.5 Å². The standard InChI is InChI=1S/C13H20N4O2S/c1-8-14-11(20-15-8)16-6-10-5-9(16)7-17(10)12(18)19-13(2,3)4/h9-10H,5-7H2,1-4H3/t9?,10-/m1/s1. The molecule has 0 saturated carbocycles. The molecular weight excluding hydrogens is 276 g/mol. The Morgan fingerprint density at radius 2 is 2.10 bits per heavy atom. The van der Waals surface area contributed by atoms with Gasteiger partial charge in [-0.2, -0.15) is 4.37 Å². The lowest BCUT2D eigenvalue weighted by Crippen LogP contribution is -2.50. The topological polar surface area (TPSA) is 58.6 Å². The number of anilines is 1. The van der Waals surface area contributed by atoms with Crippen LogP contribution in [0.4, 0.5) is 9.93 Å². The molecule has 0 spiro atoms. The smallest absolute Gasteiger partial charge is 0.410 e. The van der Waals surface area contributed by atoms with Crippen LogP contribution in [-0.4, -0.2) is 51.1 Å². The third kappa shape index (κ3) is 2.46. The second-order valence-electron chi connectivity index (χ2n) is 6.45. The third-order valence-corrected chi connectivity index (χ3v) is 4.48. The Bertz CT molecular complexity index is 525. The van der Waals surface area contributed by atoms with Crippen LogP contribution in [0.5, 0.6) is 0 Å². The van der Waals surface area contributed by atoms with Gasteiger partial charge in [-0.1, -0.05) is 0 Å². The van der Waals surface area contributed by atoms with Crippen LogP contribution in [0.2, 0.25) is 0 Å². The molecule has 1 aromatic rings. The van der Waals surface area contributed by atoms with E-state index >= 15 is 0 Å². The summed E-state index contributed by atoms with van der Waals surface area (Å²) in [7, 11) is 0. The molecule has 1 amide bonds. The van der Waals surface area contributed by atoms with E-state index in [2.05, 4.69) is 14.3 Å². The van der Waals surface area contributed by atoms with Crippen LogP contribution in [-0.2, 0) is 4.74 Å². The highest BCUT2D eigenvalue weighted by Crippen LogP contribution is 2.35. The number of fused-ring (bicyclic) bond motifs is 2. The summed E-state index contributed by atoms with van der Waals surface area (Å²) in [5.41, 5.74) is -0.436. The summed E-state index contributed by atoms with van der Waals surface area (Å²) >= 11 is 1.44. The highest BCUT2D eigenvalue weighted by molar-refractivity contribution is 7.09. The van der Waals surface area contributed by atoms with Crippen molar-refractivity contribution in [2.45, 2.75) is 51.8 Å². The lowest BCUT2D eigenvalue weighted by atomic mass is 10.2. The van der Waals surface area contributed by atoms with Crippen LogP contribution < -0.4 is 4.90 Å². The molecule has 2 bridgehead atoms. The molecule has 2 saturated heterocycles. The minimum Gasteiger partial charge on any atom is -0.444 e. The Kier molecular flexibility index (Phi) is 3.12. The Morgan fingerprint density at radius 3 is 2.60 bits per heavy atom. The molecule has 2 aliphatic rings. The minimum absolute atomic E-state index is 0.196. The number of likely N-dealkylation sites (tertiary alicyclic amines) is 1. The summed E-state index contributed by atoms with van der Waals surface area (Å²) in [6.07, 6.45) is 0.802. The van der Waals surface area contributed by atoms with Gasteiger partial charge in [-0.05, 0) is 34.1 Å². The van der Waals surface area contributed by atoms with E-state index in [1.54, 1.807) is 0 Å². The van der Waals surface area contributed by atoms with Gasteiger partial charge < -0.3 is 14.5 Å². The van der Waals surface area contributed by atoms with Gasteiger partial charge in [-0.15, -0.1) is 0 Å². The second kappa shape index (κ2) is 4.58. The molecule has 0 N–H and O–H groups in total. The number of amides is 1. The number of ether oxygens (including phenoxy) is 1. The first-order valence-corrected chi connectivity index (χ1v) is 7.67. The second-order valence-corrected chi connectivity index (χ2v) is 7.18. The van der Waals surface area contributed by atoms with E-state index in [9.17, 15) is 4.79 Å². The number of piperazine rings is 1. The summed E-state index contributed by atoms with van der Waals surface area (Å²) in [6.45, 7) is 9.15. The first-order valence-electron chi connectivity index (χ1n) is 6.90. The van der Waals surface area contributed by atoms with Crippen molar-refractivity contribution in [3.8, 4) is 0 Å². The van der Waals surface area contributed by atoms with Gasteiger partial charge in [0.2, 0.25) is 5.13 Å². The first-order chi connectivity index (χ1) is 9.33. The molecule has 7 heteroatoms. The Hall–Kier alpha value is -1.37. The predicted molar refractivity (Wildman–Crippen MR) is 77.1 cm³/mol. The molecule has 2 fully saturated rings. The number of carbonyl (C=O) groups is 1. The summed E-state index contributed by atoms with van der Waals surface area (Å²) in [6, 6.07) is 0.582. The van der Waals surface area contributed by atoms with E-state index in [4.69, 9.17) is 4.74 Å². The van der Waals surface area contributed by atoms with Gasteiger partial charge in [-0.3, -0.25) is 0 Å². The van der Waals surface area contributed by atoms with Crippen molar-refractivity contribution in [1.82, 2.24) is 14.3 Å². The fraction of sp³-hybridized carbons (Fsp3) is 0.769. The fourth-order valence-electron chi connectivity index (χ4n) is 2.85. The van der Waals surface area contributed by atoms with Gasteiger partial charge in [0, 0.05) is 24.6 Å². The predicted octanol–water partition coefficient (Wildman–Crippen LogP) is 2.04. The normalized spacial score (nSPS) is 25.4. The summed E-state index contributed by atoms with van der Waals surface area (Å²) < 4.78 is 9.69. The van der Waals surface area contributed by atoms with E-state index < -0.39 is 5.60 Å². The van der Waals surface area contributed by atoms with Crippen molar-refractivity contribution in [2.24, 2.45) is 0 Å². The molecule has 6 nitrogen and oxygen atoms in total. The minimum atomic E-state index is -0.436. The van der Waals surface area contributed by atoms with Gasteiger partial charge in [-0.25, -0.2) is 9.78 Å². The molecule has 3 heterocycles. The number of aromatic nitrogens is 2. The van der Waals surface area contributed by atoms with Crippen molar-refractivity contribution in [1.29, 1.82) is 0 Å². The number of hydrogen-bond donors (Lipinski definition) is 0. The van der Waals surface area contributed by atoms with Crippen LogP contribution in [0.3, 0.4) is 0 Å². The fourth-order valence-corrected chi connectivity index (χ4v) is 3.60. The zero-order valence-corrected chi connectivity index (χ0v) is 13.1. The highest BCUT2D eigenvalue weighted by atomic mass is 32.1. The van der Waals surface area contributed by atoms with Crippen molar-refractivity contribution < 1.29 is 9.53 Å². The number of rotatable bonds is 1. The molecule has 1 unspecified atom stereocenters. The Balaban J connectivity index is 1.66. The van der Waals surface area contributed by atoms with Crippen LogP contribution in [0, 0.1) is 6.92 Å². The maximum absolute atomic E-state index is 12.2. The molecule has 0 radical (unpaired) electrons. The maximum Gasteiger partial charge on any atom is 0.410 e. The van der Waals surface area contributed by atoms with E-state index in [0.29, 0.717) is 6.04 Å². The molecule has 0 aliphatic carbocycles. The van der Waals surface area contributed by atoms with E-state index in [0.717, 1.165) is 30.5 Å². The average molecular weight is 296 g/mol. The van der Waals surface area contributed by atoms with Gasteiger partial charge in [0.1, 0.15) is 11.4 Å². The molecule has 2 aliphatic heterocycles.